The van der Waals surface area contributed by atoms with Crippen LogP contribution in [0, 0.1) is 5.41 Å². The van der Waals surface area contributed by atoms with Gasteiger partial charge in [0.2, 0.25) is 5.91 Å². The van der Waals surface area contributed by atoms with E-state index in [9.17, 15) is 14.4 Å². The predicted octanol–water partition coefficient (Wildman–Crippen LogP) is 0.815. The lowest BCUT2D eigenvalue weighted by Crippen LogP contribution is -2.49. The smallest absolute Gasteiger partial charge is 0.311 e. The monoisotopic (exact) mass is 462 g/mol. The van der Waals surface area contributed by atoms with Gasteiger partial charge in [-0.05, 0) is 20.8 Å². The highest BCUT2D eigenvalue weighted by Crippen LogP contribution is 2.35. The Kier molecular flexibility index (Phi) is 6.86. The molecule has 3 heterocycles. The summed E-state index contributed by atoms with van der Waals surface area (Å²) in [4.78, 5) is 51.0. The Bertz CT molecular complexity index is 1050. The second-order valence-electron chi connectivity index (χ2n) is 9.13. The summed E-state index contributed by atoms with van der Waals surface area (Å²) >= 11 is 0. The fourth-order valence-corrected chi connectivity index (χ4v) is 3.56. The van der Waals surface area contributed by atoms with Crippen LogP contribution in [0.4, 0.5) is 5.82 Å². The highest BCUT2D eigenvalue weighted by atomic mass is 16.6. The van der Waals surface area contributed by atoms with E-state index < -0.39 is 41.8 Å². The SMILES string of the molecule is CC(=O)N[C@H]1[C@@H](OC(C)=O)[C@H](n2cnc3c(N(C)C)ncnc32)O[C@@H]1COC(=O)C(C)(C)C. The Labute approximate surface area is 191 Å². The lowest BCUT2D eigenvalue weighted by atomic mass is 9.97. The molecule has 0 aliphatic carbocycles. The van der Waals surface area contributed by atoms with Crippen molar-refractivity contribution in [2.24, 2.45) is 5.41 Å². The summed E-state index contributed by atoms with van der Waals surface area (Å²) in [5, 5.41) is 2.77. The minimum Gasteiger partial charge on any atom is -0.462 e. The molecule has 1 aliphatic heterocycles. The molecule has 1 aliphatic rings. The first-order valence-electron chi connectivity index (χ1n) is 10.5. The number of esters is 2. The number of imidazole rings is 1. The number of hydrogen-bond acceptors (Lipinski definition) is 10. The molecule has 1 saturated heterocycles. The van der Waals surface area contributed by atoms with Crippen molar-refractivity contribution >= 4 is 34.8 Å². The summed E-state index contributed by atoms with van der Waals surface area (Å²) in [5.74, 6) is -0.711. The Balaban J connectivity index is 2.00. The van der Waals surface area contributed by atoms with Crippen LogP contribution < -0.4 is 10.2 Å². The zero-order valence-corrected chi connectivity index (χ0v) is 19.9. The maximum atomic E-state index is 12.3. The summed E-state index contributed by atoms with van der Waals surface area (Å²) in [6, 6.07) is -0.767. The third-order valence-electron chi connectivity index (χ3n) is 5.05. The van der Waals surface area contributed by atoms with E-state index in [2.05, 4.69) is 20.3 Å². The molecule has 0 unspecified atom stereocenters. The van der Waals surface area contributed by atoms with Crippen molar-refractivity contribution in [3.8, 4) is 0 Å². The molecule has 0 bridgehead atoms. The van der Waals surface area contributed by atoms with E-state index in [-0.39, 0.29) is 12.5 Å². The number of amides is 1. The molecule has 2 aromatic rings. The van der Waals surface area contributed by atoms with E-state index >= 15 is 0 Å². The zero-order valence-electron chi connectivity index (χ0n) is 19.9. The third-order valence-corrected chi connectivity index (χ3v) is 5.05. The molecule has 0 aromatic carbocycles. The van der Waals surface area contributed by atoms with Crippen LogP contribution in [-0.2, 0) is 28.6 Å². The Hall–Kier alpha value is -3.28. The molecular weight excluding hydrogens is 432 g/mol. The fourth-order valence-electron chi connectivity index (χ4n) is 3.56. The van der Waals surface area contributed by atoms with Gasteiger partial charge in [0.1, 0.15) is 19.0 Å². The summed E-state index contributed by atoms with van der Waals surface area (Å²) in [6.45, 7) is 7.69. The molecule has 1 amide bonds. The van der Waals surface area contributed by atoms with Crippen molar-refractivity contribution in [2.75, 3.05) is 25.6 Å². The third kappa shape index (κ3) is 5.21. The quantitative estimate of drug-likeness (QED) is 0.614. The fraction of sp³-hybridized carbons (Fsp3) is 0.619. The van der Waals surface area contributed by atoms with Crippen LogP contribution in [0.1, 0.15) is 40.8 Å². The molecule has 0 spiro atoms. The van der Waals surface area contributed by atoms with Gasteiger partial charge >= 0.3 is 11.9 Å². The van der Waals surface area contributed by atoms with Crippen molar-refractivity contribution in [3.05, 3.63) is 12.7 Å². The van der Waals surface area contributed by atoms with Gasteiger partial charge in [-0.25, -0.2) is 15.0 Å². The molecule has 33 heavy (non-hydrogen) atoms. The van der Waals surface area contributed by atoms with Crippen LogP contribution in [-0.4, -0.2) is 76.3 Å². The number of hydrogen-bond donors (Lipinski definition) is 1. The molecule has 4 atom stereocenters. The minimum atomic E-state index is -0.917. The number of ether oxygens (including phenoxy) is 3. The maximum Gasteiger partial charge on any atom is 0.311 e. The number of rotatable bonds is 6. The van der Waals surface area contributed by atoms with Crippen LogP contribution >= 0.6 is 0 Å². The van der Waals surface area contributed by atoms with Crippen molar-refractivity contribution in [2.45, 2.75) is 59.1 Å². The number of aromatic nitrogens is 4. The molecule has 12 heteroatoms. The van der Waals surface area contributed by atoms with Crippen LogP contribution in [0.5, 0.6) is 0 Å². The standard InChI is InChI=1S/C21H30N6O6/c1-11(28)25-14-13(8-31-20(30)21(3,4)5)33-19(16(14)32-12(2)29)27-10-24-15-17(26(6)7)22-9-23-18(15)27/h9-10,13-14,16,19H,8H2,1-7H3,(H,25,28)/t13-,14-,16-,19-/m1/s1. The lowest BCUT2D eigenvalue weighted by molar-refractivity contribution is -0.158. The van der Waals surface area contributed by atoms with E-state index in [0.717, 1.165) is 0 Å². The lowest BCUT2D eigenvalue weighted by Gasteiger charge is -2.25. The average molecular weight is 463 g/mol. The first-order chi connectivity index (χ1) is 15.4. The number of nitrogens with zero attached hydrogens (tertiary/aromatic N) is 5. The van der Waals surface area contributed by atoms with Gasteiger partial charge in [0.25, 0.3) is 0 Å². The molecule has 0 saturated carbocycles. The van der Waals surface area contributed by atoms with Crippen LogP contribution in [0.2, 0.25) is 0 Å². The molecule has 12 nitrogen and oxygen atoms in total. The first kappa shape index (κ1) is 24.4. The summed E-state index contributed by atoms with van der Waals surface area (Å²) < 4.78 is 18.8. The second kappa shape index (κ2) is 9.30. The molecule has 0 radical (unpaired) electrons. The van der Waals surface area contributed by atoms with Crippen molar-refractivity contribution in [3.63, 3.8) is 0 Å². The topological polar surface area (TPSA) is 138 Å². The van der Waals surface area contributed by atoms with Gasteiger partial charge in [-0.3, -0.25) is 19.0 Å². The average Bonchev–Trinajstić information content (AvgIpc) is 3.26. The Morgan fingerprint density at radius 1 is 1.18 bits per heavy atom. The number of anilines is 1. The summed E-state index contributed by atoms with van der Waals surface area (Å²) in [5.41, 5.74) is 0.285. The molecule has 2 aromatic heterocycles. The molecule has 1 fully saturated rings. The van der Waals surface area contributed by atoms with E-state index in [0.29, 0.717) is 17.0 Å². The van der Waals surface area contributed by atoms with Gasteiger partial charge in [0.05, 0.1) is 17.8 Å². The van der Waals surface area contributed by atoms with Crippen LogP contribution in [0.25, 0.3) is 11.2 Å². The first-order valence-corrected chi connectivity index (χ1v) is 10.5. The Morgan fingerprint density at radius 2 is 1.88 bits per heavy atom. The van der Waals surface area contributed by atoms with Gasteiger partial charge in [-0.15, -0.1) is 0 Å². The molecular formula is C21H30N6O6. The molecule has 180 valence electrons. The van der Waals surface area contributed by atoms with Crippen molar-refractivity contribution in [1.29, 1.82) is 0 Å². The van der Waals surface area contributed by atoms with Crippen molar-refractivity contribution < 1.29 is 28.6 Å². The van der Waals surface area contributed by atoms with Crippen molar-refractivity contribution in [1.82, 2.24) is 24.8 Å². The summed E-state index contributed by atoms with van der Waals surface area (Å²) in [6.07, 6.45) is 0.350. The van der Waals surface area contributed by atoms with E-state index in [4.69, 9.17) is 14.2 Å². The normalized spacial score (nSPS) is 22.8. The highest BCUT2D eigenvalue weighted by Gasteiger charge is 2.49. The van der Waals surface area contributed by atoms with Crippen LogP contribution in [0.15, 0.2) is 12.7 Å². The second-order valence-corrected chi connectivity index (χ2v) is 9.13. The number of carbonyl (C=O) groups is 3. The number of nitrogens with one attached hydrogen (secondary N) is 1. The van der Waals surface area contributed by atoms with E-state index in [1.165, 1.54) is 26.5 Å². The largest absolute Gasteiger partial charge is 0.462 e. The summed E-state index contributed by atoms with van der Waals surface area (Å²) in [7, 11) is 3.67. The van der Waals surface area contributed by atoms with Gasteiger partial charge in [-0.1, -0.05) is 0 Å². The minimum absolute atomic E-state index is 0.139. The van der Waals surface area contributed by atoms with Gasteiger partial charge in [0, 0.05) is 27.9 Å². The predicted molar refractivity (Wildman–Crippen MR) is 117 cm³/mol. The zero-order chi connectivity index (χ0) is 24.5. The van der Waals surface area contributed by atoms with Gasteiger partial charge in [0.15, 0.2) is 29.3 Å². The van der Waals surface area contributed by atoms with E-state index in [1.807, 2.05) is 14.1 Å². The number of fused-ring (bicyclic) bond motifs is 1. The molecule has 1 N–H and O–H groups in total. The maximum absolute atomic E-state index is 12.3. The van der Waals surface area contributed by atoms with Gasteiger partial charge < -0.3 is 24.4 Å². The van der Waals surface area contributed by atoms with E-state index in [1.54, 1.807) is 30.2 Å². The Morgan fingerprint density at radius 3 is 2.45 bits per heavy atom. The van der Waals surface area contributed by atoms with Gasteiger partial charge in [-0.2, -0.15) is 0 Å². The van der Waals surface area contributed by atoms with Crippen LogP contribution in [0.3, 0.4) is 0 Å². The highest BCUT2D eigenvalue weighted by molar-refractivity contribution is 5.83. The number of carbonyl (C=O) groups excluding carboxylic acids is 3. The molecule has 3 rings (SSSR count).